The fourth-order valence-corrected chi connectivity index (χ4v) is 3.04. The normalized spacial score (nSPS) is 15.8. The number of ether oxygens (including phenoxy) is 2. The summed E-state index contributed by atoms with van der Waals surface area (Å²) in [5, 5.41) is 0. The van der Waals surface area contributed by atoms with Gasteiger partial charge in [-0.05, 0) is 29.8 Å². The minimum atomic E-state index is -0.0838. The van der Waals surface area contributed by atoms with Crippen molar-refractivity contribution in [3.63, 3.8) is 0 Å². The fraction of sp³-hybridized carbons (Fsp3) is 0.250. The van der Waals surface area contributed by atoms with Crippen molar-refractivity contribution < 1.29 is 14.3 Å². The van der Waals surface area contributed by atoms with E-state index in [1.807, 2.05) is 53.4 Å². The lowest BCUT2D eigenvalue weighted by molar-refractivity contribution is -0.129. The van der Waals surface area contributed by atoms with Crippen LogP contribution in [-0.2, 0) is 11.3 Å². The first kappa shape index (κ1) is 16.1. The number of hydrogen-bond donors (Lipinski definition) is 0. The quantitative estimate of drug-likeness (QED) is 0.787. The summed E-state index contributed by atoms with van der Waals surface area (Å²) in [6.45, 7) is 4.78. The molecule has 1 aliphatic heterocycles. The van der Waals surface area contributed by atoms with E-state index in [1.54, 1.807) is 7.11 Å². The summed E-state index contributed by atoms with van der Waals surface area (Å²) >= 11 is 0. The second-order valence-corrected chi connectivity index (χ2v) is 5.71. The van der Waals surface area contributed by atoms with Crippen LogP contribution in [0.15, 0.2) is 61.2 Å². The third-order valence-electron chi connectivity index (χ3n) is 4.25. The highest BCUT2D eigenvalue weighted by Crippen LogP contribution is 2.39. The van der Waals surface area contributed by atoms with Crippen molar-refractivity contribution in [1.82, 2.24) is 4.90 Å². The molecular weight excluding hydrogens is 302 g/mol. The first-order valence-corrected chi connectivity index (χ1v) is 8.00. The number of hydrogen-bond acceptors (Lipinski definition) is 3. The van der Waals surface area contributed by atoms with Gasteiger partial charge in [0.2, 0.25) is 5.91 Å². The molecule has 2 aromatic rings. The summed E-state index contributed by atoms with van der Waals surface area (Å²) in [6, 6.07) is 15.6. The average molecular weight is 323 g/mol. The van der Waals surface area contributed by atoms with Gasteiger partial charge in [0, 0.05) is 18.5 Å². The third-order valence-corrected chi connectivity index (χ3v) is 4.25. The zero-order valence-electron chi connectivity index (χ0n) is 13.8. The van der Waals surface area contributed by atoms with Gasteiger partial charge in [-0.25, -0.2) is 0 Å². The second-order valence-electron chi connectivity index (χ2n) is 5.71. The summed E-state index contributed by atoms with van der Waals surface area (Å²) < 4.78 is 11.1. The summed E-state index contributed by atoms with van der Waals surface area (Å²) in [5.41, 5.74) is 2.07. The Bertz CT molecular complexity index is 727. The van der Waals surface area contributed by atoms with Crippen LogP contribution in [-0.4, -0.2) is 24.5 Å². The Kier molecular flexibility index (Phi) is 4.85. The molecule has 0 unspecified atom stereocenters. The second kappa shape index (κ2) is 7.21. The van der Waals surface area contributed by atoms with E-state index in [0.29, 0.717) is 13.2 Å². The Balaban J connectivity index is 1.97. The van der Waals surface area contributed by atoms with Crippen LogP contribution in [0.25, 0.3) is 0 Å². The van der Waals surface area contributed by atoms with E-state index in [9.17, 15) is 4.79 Å². The molecule has 0 bridgehead atoms. The molecule has 0 aromatic heterocycles. The maximum Gasteiger partial charge on any atom is 0.246 e. The van der Waals surface area contributed by atoms with Crippen LogP contribution in [0.3, 0.4) is 0 Å². The van der Waals surface area contributed by atoms with E-state index in [-0.39, 0.29) is 11.9 Å². The Morgan fingerprint density at radius 3 is 2.83 bits per heavy atom. The number of carbonyl (C=O) groups is 1. The third kappa shape index (κ3) is 3.27. The van der Waals surface area contributed by atoms with Gasteiger partial charge in [0.25, 0.3) is 0 Å². The largest absolute Gasteiger partial charge is 0.497 e. The fourth-order valence-electron chi connectivity index (χ4n) is 3.04. The van der Waals surface area contributed by atoms with Crippen LogP contribution in [0.5, 0.6) is 11.5 Å². The van der Waals surface area contributed by atoms with Crippen molar-refractivity contribution in [2.75, 3.05) is 13.7 Å². The molecule has 0 spiro atoms. The highest BCUT2D eigenvalue weighted by molar-refractivity contribution is 5.87. The van der Waals surface area contributed by atoms with Crippen LogP contribution >= 0.6 is 0 Å². The van der Waals surface area contributed by atoms with E-state index < -0.39 is 0 Å². The molecule has 124 valence electrons. The number of rotatable bonds is 5. The van der Waals surface area contributed by atoms with Crippen molar-refractivity contribution in [3.8, 4) is 11.5 Å². The Hall–Kier alpha value is -2.75. The lowest BCUT2D eigenvalue weighted by atomic mass is 9.97. The SMILES string of the molecule is C=CC(=O)N(Cc1ccccc1)[C@H]1CCOc2ccc(OC)cc21. The molecule has 0 fully saturated rings. The predicted octanol–water partition coefficient (Wildman–Crippen LogP) is 3.73. The van der Waals surface area contributed by atoms with E-state index in [4.69, 9.17) is 9.47 Å². The Morgan fingerprint density at radius 2 is 2.12 bits per heavy atom. The van der Waals surface area contributed by atoms with Gasteiger partial charge in [-0.15, -0.1) is 0 Å². The van der Waals surface area contributed by atoms with Crippen LogP contribution in [0.2, 0.25) is 0 Å². The van der Waals surface area contributed by atoms with Crippen molar-refractivity contribution >= 4 is 5.91 Å². The summed E-state index contributed by atoms with van der Waals surface area (Å²) in [6.07, 6.45) is 2.12. The van der Waals surface area contributed by atoms with E-state index in [2.05, 4.69) is 6.58 Å². The van der Waals surface area contributed by atoms with Crippen molar-refractivity contribution in [3.05, 3.63) is 72.3 Å². The molecule has 1 amide bonds. The molecule has 24 heavy (non-hydrogen) atoms. The number of benzene rings is 2. The van der Waals surface area contributed by atoms with Crippen molar-refractivity contribution in [1.29, 1.82) is 0 Å². The summed E-state index contributed by atoms with van der Waals surface area (Å²) in [7, 11) is 1.64. The van der Waals surface area contributed by atoms with Gasteiger partial charge in [0.05, 0.1) is 19.8 Å². The van der Waals surface area contributed by atoms with Gasteiger partial charge in [-0.3, -0.25) is 4.79 Å². The smallest absolute Gasteiger partial charge is 0.246 e. The molecule has 0 saturated heterocycles. The lowest BCUT2D eigenvalue weighted by Crippen LogP contribution is -2.36. The molecule has 4 heteroatoms. The number of nitrogens with zero attached hydrogens (tertiary/aromatic N) is 1. The monoisotopic (exact) mass is 323 g/mol. The van der Waals surface area contributed by atoms with Crippen LogP contribution in [0.4, 0.5) is 0 Å². The molecule has 0 saturated carbocycles. The van der Waals surface area contributed by atoms with E-state index in [1.165, 1.54) is 6.08 Å². The van der Waals surface area contributed by atoms with Gasteiger partial charge in [-0.1, -0.05) is 36.9 Å². The molecule has 0 aliphatic carbocycles. The molecule has 1 aliphatic rings. The van der Waals surface area contributed by atoms with Gasteiger partial charge < -0.3 is 14.4 Å². The number of methoxy groups -OCH3 is 1. The minimum absolute atomic E-state index is 0.0606. The number of amides is 1. The van der Waals surface area contributed by atoms with Gasteiger partial charge in [0.1, 0.15) is 11.5 Å². The van der Waals surface area contributed by atoms with E-state index in [0.717, 1.165) is 29.0 Å². The topological polar surface area (TPSA) is 38.8 Å². The first-order valence-electron chi connectivity index (χ1n) is 8.00. The average Bonchev–Trinajstić information content (AvgIpc) is 2.65. The zero-order chi connectivity index (χ0) is 16.9. The van der Waals surface area contributed by atoms with Gasteiger partial charge >= 0.3 is 0 Å². The van der Waals surface area contributed by atoms with E-state index >= 15 is 0 Å². The number of fused-ring (bicyclic) bond motifs is 1. The number of carbonyl (C=O) groups excluding carboxylic acids is 1. The standard InChI is InChI=1S/C20H21NO3/c1-3-20(22)21(14-15-7-5-4-6-8-15)18-11-12-24-19-10-9-16(23-2)13-17(18)19/h3-10,13,18H,1,11-12,14H2,2H3/t18-/m0/s1. The molecule has 2 aromatic carbocycles. The Morgan fingerprint density at radius 1 is 1.33 bits per heavy atom. The molecule has 4 nitrogen and oxygen atoms in total. The van der Waals surface area contributed by atoms with Crippen LogP contribution < -0.4 is 9.47 Å². The van der Waals surface area contributed by atoms with Crippen LogP contribution in [0.1, 0.15) is 23.6 Å². The minimum Gasteiger partial charge on any atom is -0.497 e. The maximum absolute atomic E-state index is 12.5. The molecule has 0 radical (unpaired) electrons. The van der Waals surface area contributed by atoms with Crippen molar-refractivity contribution in [2.24, 2.45) is 0 Å². The first-order chi connectivity index (χ1) is 11.7. The molecule has 3 rings (SSSR count). The van der Waals surface area contributed by atoms with Crippen molar-refractivity contribution in [2.45, 2.75) is 19.0 Å². The Labute approximate surface area is 142 Å². The highest BCUT2D eigenvalue weighted by Gasteiger charge is 2.29. The predicted molar refractivity (Wildman–Crippen MR) is 93.0 cm³/mol. The lowest BCUT2D eigenvalue weighted by Gasteiger charge is -2.35. The molecular formula is C20H21NO3. The zero-order valence-corrected chi connectivity index (χ0v) is 13.8. The van der Waals surface area contributed by atoms with Crippen LogP contribution in [0, 0.1) is 0 Å². The van der Waals surface area contributed by atoms with Gasteiger partial charge in [0.15, 0.2) is 0 Å². The molecule has 1 heterocycles. The summed E-state index contributed by atoms with van der Waals surface area (Å²) in [4.78, 5) is 14.4. The molecule has 0 N–H and O–H groups in total. The van der Waals surface area contributed by atoms with Gasteiger partial charge in [-0.2, -0.15) is 0 Å². The summed E-state index contributed by atoms with van der Waals surface area (Å²) in [5.74, 6) is 1.48. The highest BCUT2D eigenvalue weighted by atomic mass is 16.5. The molecule has 1 atom stereocenters. The maximum atomic E-state index is 12.5.